The molecule has 0 aliphatic carbocycles. The smallest absolute Gasteiger partial charge is 0.310 e. The van der Waals surface area contributed by atoms with Crippen LogP contribution < -0.4 is 10.1 Å². The van der Waals surface area contributed by atoms with Crippen molar-refractivity contribution < 1.29 is 24.5 Å². The summed E-state index contributed by atoms with van der Waals surface area (Å²) in [5.41, 5.74) is 0.851. The van der Waals surface area contributed by atoms with Crippen LogP contribution in [0.15, 0.2) is 30.4 Å². The molecule has 0 saturated carbocycles. The van der Waals surface area contributed by atoms with Crippen molar-refractivity contribution in [2.75, 3.05) is 7.11 Å². The van der Waals surface area contributed by atoms with E-state index in [0.29, 0.717) is 18.7 Å². The molecule has 1 aromatic carbocycles. The molecule has 6 nitrogen and oxygen atoms in total. The van der Waals surface area contributed by atoms with Gasteiger partial charge in [0, 0.05) is 13.0 Å². The Morgan fingerprint density at radius 1 is 1.33 bits per heavy atom. The van der Waals surface area contributed by atoms with Crippen LogP contribution in [0, 0.1) is 5.92 Å². The number of phenols is 1. The number of carboxylic acids is 1. The van der Waals surface area contributed by atoms with Crippen molar-refractivity contribution in [1.29, 1.82) is 0 Å². The summed E-state index contributed by atoms with van der Waals surface area (Å²) in [6, 6.07) is 4.95. The van der Waals surface area contributed by atoms with E-state index in [9.17, 15) is 14.7 Å². The second-order valence-electron chi connectivity index (χ2n) is 5.58. The zero-order valence-corrected chi connectivity index (χ0v) is 14.1. The van der Waals surface area contributed by atoms with Crippen LogP contribution in [0.2, 0.25) is 0 Å². The summed E-state index contributed by atoms with van der Waals surface area (Å²) in [5, 5.41) is 21.1. The summed E-state index contributed by atoms with van der Waals surface area (Å²) in [6.07, 6.45) is 6.29. The minimum atomic E-state index is -0.837. The summed E-state index contributed by atoms with van der Waals surface area (Å²) in [5.74, 6) is -0.904. The van der Waals surface area contributed by atoms with E-state index in [2.05, 4.69) is 5.32 Å². The number of ether oxygens (including phenoxy) is 1. The lowest BCUT2D eigenvalue weighted by atomic mass is 10.1. The van der Waals surface area contributed by atoms with Gasteiger partial charge in [0.05, 0.1) is 13.0 Å². The van der Waals surface area contributed by atoms with E-state index in [1.54, 1.807) is 25.1 Å². The van der Waals surface area contributed by atoms with Crippen LogP contribution in [0.25, 0.3) is 0 Å². The van der Waals surface area contributed by atoms with Crippen molar-refractivity contribution in [3.8, 4) is 11.5 Å². The maximum absolute atomic E-state index is 11.8. The molecule has 0 bridgehead atoms. The van der Waals surface area contributed by atoms with E-state index in [1.165, 1.54) is 13.2 Å². The Morgan fingerprint density at radius 3 is 2.75 bits per heavy atom. The molecule has 0 aliphatic rings. The Morgan fingerprint density at radius 2 is 2.08 bits per heavy atom. The van der Waals surface area contributed by atoms with Crippen LogP contribution in [0.5, 0.6) is 11.5 Å². The number of rotatable bonds is 10. The van der Waals surface area contributed by atoms with Crippen LogP contribution in [0.4, 0.5) is 0 Å². The first-order chi connectivity index (χ1) is 11.4. The number of aliphatic carboxylic acids is 1. The lowest BCUT2D eigenvalue weighted by Gasteiger charge is -2.08. The highest BCUT2D eigenvalue weighted by Gasteiger charge is 2.06. The van der Waals surface area contributed by atoms with Gasteiger partial charge in [0.25, 0.3) is 0 Å². The van der Waals surface area contributed by atoms with Gasteiger partial charge < -0.3 is 20.3 Å². The lowest BCUT2D eigenvalue weighted by molar-refractivity contribution is -0.139. The standard InChI is InChI=1S/C18H25NO5/c1-13(18(22)23)7-5-3-4-6-8-17(21)19-12-14-9-10-15(20)16(11-14)24-2/h5,7,9-11,13,20H,3-4,6,8,12H2,1-2H3,(H,19,21)(H,22,23)/b7-5-. The van der Waals surface area contributed by atoms with Crippen LogP contribution in [0.3, 0.4) is 0 Å². The van der Waals surface area contributed by atoms with E-state index in [-0.39, 0.29) is 11.7 Å². The van der Waals surface area contributed by atoms with Gasteiger partial charge in [-0.05, 0) is 43.9 Å². The highest BCUT2D eigenvalue weighted by molar-refractivity contribution is 5.75. The molecule has 6 heteroatoms. The van der Waals surface area contributed by atoms with E-state index < -0.39 is 11.9 Å². The number of benzene rings is 1. The first-order valence-corrected chi connectivity index (χ1v) is 7.96. The number of methoxy groups -OCH3 is 1. The van der Waals surface area contributed by atoms with Gasteiger partial charge in [-0.15, -0.1) is 0 Å². The average molecular weight is 335 g/mol. The number of carbonyl (C=O) groups is 2. The van der Waals surface area contributed by atoms with Crippen molar-refractivity contribution in [3.05, 3.63) is 35.9 Å². The number of allylic oxidation sites excluding steroid dienone is 1. The molecule has 132 valence electrons. The van der Waals surface area contributed by atoms with Gasteiger partial charge in [0.1, 0.15) is 0 Å². The van der Waals surface area contributed by atoms with Crippen molar-refractivity contribution in [1.82, 2.24) is 5.32 Å². The Hall–Kier alpha value is -2.50. The van der Waals surface area contributed by atoms with Gasteiger partial charge in [-0.3, -0.25) is 9.59 Å². The molecular weight excluding hydrogens is 310 g/mol. The Bertz CT molecular complexity index is 583. The van der Waals surface area contributed by atoms with Gasteiger partial charge >= 0.3 is 5.97 Å². The maximum atomic E-state index is 11.8. The molecule has 0 aromatic heterocycles. The fourth-order valence-electron chi connectivity index (χ4n) is 2.05. The molecule has 1 aromatic rings. The molecule has 1 rings (SSSR count). The number of unbranched alkanes of at least 4 members (excludes halogenated alkanes) is 2. The van der Waals surface area contributed by atoms with Gasteiger partial charge in [0.15, 0.2) is 11.5 Å². The number of amides is 1. The second kappa shape index (κ2) is 10.3. The SMILES string of the molecule is COc1cc(CNC(=O)CCCC/C=C\C(C)C(=O)O)ccc1O. The summed E-state index contributed by atoms with van der Waals surface area (Å²) < 4.78 is 5.02. The number of carbonyl (C=O) groups excluding carboxylic acids is 1. The molecule has 0 radical (unpaired) electrons. The summed E-state index contributed by atoms with van der Waals surface area (Å²) in [6.45, 7) is 2.01. The third kappa shape index (κ3) is 7.17. The van der Waals surface area contributed by atoms with Crippen molar-refractivity contribution in [3.63, 3.8) is 0 Å². The van der Waals surface area contributed by atoms with E-state index >= 15 is 0 Å². The molecule has 1 unspecified atom stereocenters. The van der Waals surface area contributed by atoms with Crippen LogP contribution >= 0.6 is 0 Å². The minimum absolute atomic E-state index is 0.0371. The number of hydrogen-bond acceptors (Lipinski definition) is 4. The molecule has 24 heavy (non-hydrogen) atoms. The molecular formula is C18H25NO5. The molecule has 1 amide bonds. The van der Waals surface area contributed by atoms with Gasteiger partial charge in [-0.1, -0.05) is 18.2 Å². The molecule has 0 aliphatic heterocycles. The predicted molar refractivity (Wildman–Crippen MR) is 90.9 cm³/mol. The second-order valence-corrected chi connectivity index (χ2v) is 5.58. The topological polar surface area (TPSA) is 95.9 Å². The molecule has 0 fully saturated rings. The van der Waals surface area contributed by atoms with E-state index in [1.807, 2.05) is 6.08 Å². The Kier molecular flexibility index (Phi) is 8.39. The first kappa shape index (κ1) is 19.5. The van der Waals surface area contributed by atoms with Crippen molar-refractivity contribution in [2.45, 2.75) is 39.2 Å². The number of carboxylic acid groups (broad SMARTS) is 1. The van der Waals surface area contributed by atoms with Gasteiger partial charge in [0.2, 0.25) is 5.91 Å². The summed E-state index contributed by atoms with van der Waals surface area (Å²) in [7, 11) is 1.48. The highest BCUT2D eigenvalue weighted by atomic mass is 16.5. The fraction of sp³-hybridized carbons (Fsp3) is 0.444. The maximum Gasteiger partial charge on any atom is 0.310 e. The largest absolute Gasteiger partial charge is 0.504 e. The molecule has 0 heterocycles. The number of aromatic hydroxyl groups is 1. The highest BCUT2D eigenvalue weighted by Crippen LogP contribution is 2.26. The van der Waals surface area contributed by atoms with Crippen molar-refractivity contribution >= 4 is 11.9 Å². The Labute approximate surface area is 142 Å². The summed E-state index contributed by atoms with van der Waals surface area (Å²) in [4.78, 5) is 22.4. The van der Waals surface area contributed by atoms with Gasteiger partial charge in [-0.2, -0.15) is 0 Å². The lowest BCUT2D eigenvalue weighted by Crippen LogP contribution is -2.22. The monoisotopic (exact) mass is 335 g/mol. The van der Waals surface area contributed by atoms with E-state index in [0.717, 1.165) is 24.8 Å². The first-order valence-electron chi connectivity index (χ1n) is 7.96. The molecule has 0 spiro atoms. The van der Waals surface area contributed by atoms with Crippen LogP contribution in [-0.2, 0) is 16.1 Å². The Balaban J connectivity index is 2.22. The number of nitrogens with one attached hydrogen (secondary N) is 1. The number of phenolic OH excluding ortho intramolecular Hbond substituents is 1. The van der Waals surface area contributed by atoms with Crippen LogP contribution in [0.1, 0.15) is 38.2 Å². The zero-order chi connectivity index (χ0) is 17.9. The van der Waals surface area contributed by atoms with E-state index in [4.69, 9.17) is 9.84 Å². The van der Waals surface area contributed by atoms with Crippen molar-refractivity contribution in [2.24, 2.45) is 5.92 Å². The predicted octanol–water partition coefficient (Wildman–Crippen LogP) is 2.85. The average Bonchev–Trinajstić information content (AvgIpc) is 2.56. The molecule has 0 saturated heterocycles. The van der Waals surface area contributed by atoms with Gasteiger partial charge in [-0.25, -0.2) is 0 Å². The zero-order valence-electron chi connectivity index (χ0n) is 14.1. The minimum Gasteiger partial charge on any atom is -0.504 e. The third-order valence-electron chi connectivity index (χ3n) is 3.57. The quantitative estimate of drug-likeness (QED) is 0.451. The molecule has 1 atom stereocenters. The van der Waals surface area contributed by atoms with Crippen LogP contribution in [-0.4, -0.2) is 29.2 Å². The summed E-state index contributed by atoms with van der Waals surface area (Å²) >= 11 is 0. The third-order valence-corrected chi connectivity index (χ3v) is 3.57. The normalized spacial score (nSPS) is 12.1. The fourth-order valence-corrected chi connectivity index (χ4v) is 2.05. The molecule has 3 N–H and O–H groups in total. The number of hydrogen-bond donors (Lipinski definition) is 3.